The summed E-state index contributed by atoms with van der Waals surface area (Å²) in [4.78, 5) is 177. The molecule has 7 saturated heterocycles. The lowest BCUT2D eigenvalue weighted by molar-refractivity contribution is -0.136. The Labute approximate surface area is 735 Å². The zero-order valence-electron chi connectivity index (χ0n) is 73.4. The lowest BCUT2D eigenvalue weighted by Crippen LogP contribution is -2.58. The van der Waals surface area contributed by atoms with Crippen molar-refractivity contribution >= 4 is 80.4 Å². The van der Waals surface area contributed by atoms with E-state index in [4.69, 9.17) is 42.6 Å². The predicted octanol–water partition coefficient (Wildman–Crippen LogP) is -0.00340. The number of ketones is 3. The Kier molecular flexibility index (Phi) is 33.1. The third-order valence-corrected chi connectivity index (χ3v) is 27.8. The molecular weight excluding hydrogens is 1650 g/mol. The number of aliphatic hydroxyl groups is 1. The summed E-state index contributed by atoms with van der Waals surface area (Å²) in [5, 5.41) is 37.3. The molecule has 126 heavy (non-hydrogen) atoms. The maximum atomic E-state index is 15.5. The van der Waals surface area contributed by atoms with Gasteiger partial charge in [-0.05, 0) is 169 Å². The second kappa shape index (κ2) is 43.4. The first-order valence-electron chi connectivity index (χ1n) is 44.2. The van der Waals surface area contributed by atoms with Crippen molar-refractivity contribution in [1.29, 1.82) is 0 Å². The normalized spacial score (nSPS) is 26.1. The Morgan fingerprint density at radius 3 is 1.35 bits per heavy atom. The molecule has 36 nitrogen and oxygen atoms in total. The number of hydrogen-bond acceptors (Lipinski definition) is 27. The van der Waals surface area contributed by atoms with Crippen LogP contribution in [0.15, 0.2) is 71.6 Å². The highest BCUT2D eigenvalue weighted by Gasteiger charge is 2.54. The molecule has 7 heterocycles. The van der Waals surface area contributed by atoms with Gasteiger partial charge in [-0.1, -0.05) is 55.7 Å². The molecule has 3 aromatic rings. The van der Waals surface area contributed by atoms with Gasteiger partial charge in [0.15, 0.2) is 27.2 Å². The van der Waals surface area contributed by atoms with Crippen LogP contribution in [0.5, 0.6) is 11.5 Å². The summed E-state index contributed by atoms with van der Waals surface area (Å²) < 4.78 is 80.5. The number of amides is 9. The number of nitrogens with one attached hydrogen (secondary N) is 9. The predicted molar refractivity (Wildman–Crippen MR) is 455 cm³/mol. The molecule has 0 bridgehead atoms. The monoisotopic (exact) mass is 1780 g/mol. The summed E-state index contributed by atoms with van der Waals surface area (Å²) in [5.74, 6) is -8.45. The van der Waals surface area contributed by atoms with Gasteiger partial charge in [0, 0.05) is 65.3 Å². The number of methoxy groups -OCH3 is 2. The SMILES string of the molecule is COc1ccc(C(O)C(NC(=O)C(C)NC(=O)CN2CCOCC2)C(=O)NC(CC2CCCC2CS(=O)(=O)c2cccc(CC(NC(=O)C(C)NC(=O)CN3CCOCC3)C(=O)NC(CC3CCCC3c3cc(CC(NC(=O)C(C)NC(=O)CN4CCOCC4)C(=O)NC(CC4CCOC4)C(=O)C4(C)CO4)ccc3OC)C(=O)C3(C)CO3)c2)C(=O)C2(C)CO2)cc1. The Morgan fingerprint density at radius 2 is 0.889 bits per heavy atom. The third-order valence-electron chi connectivity index (χ3n) is 25.9. The molecule has 9 aliphatic rings. The second-order valence-corrected chi connectivity index (χ2v) is 37.8. The van der Waals surface area contributed by atoms with E-state index in [9.17, 15) is 53.1 Å². The summed E-state index contributed by atoms with van der Waals surface area (Å²) >= 11 is 0. The molecule has 9 amide bonds. The second-order valence-electron chi connectivity index (χ2n) is 35.8. The van der Waals surface area contributed by atoms with Gasteiger partial charge in [0.1, 0.15) is 70.7 Å². The molecule has 37 heteroatoms. The van der Waals surface area contributed by atoms with Crippen LogP contribution in [0.25, 0.3) is 0 Å². The molecule has 0 aromatic heterocycles. The highest BCUT2D eigenvalue weighted by molar-refractivity contribution is 7.91. The number of aliphatic hydroxyl groups excluding tert-OH is 1. The van der Waals surface area contributed by atoms with Gasteiger partial charge in [-0.25, -0.2) is 8.42 Å². The quantitative estimate of drug-likeness (QED) is 0.0333. The van der Waals surface area contributed by atoms with E-state index in [2.05, 4.69) is 47.9 Å². The van der Waals surface area contributed by atoms with E-state index in [0.29, 0.717) is 160 Å². The summed E-state index contributed by atoms with van der Waals surface area (Å²) in [6, 6.07) is 5.95. The van der Waals surface area contributed by atoms with Crippen LogP contribution in [-0.2, 0) is 113 Å². The Morgan fingerprint density at radius 1 is 0.460 bits per heavy atom. The Hall–Kier alpha value is -8.99. The standard InChI is InChI=1S/C89H126N12O24S/c1-53(90-73(102)45-99-25-32-119-33-26-99)81(109)96-70(40-56-12-9-16-64(38-56)126(115,116)49-62-15-10-13-60(62)43-68(79(107)88(5)51-124-88)95-86(114)76(77(105)59-19-21-63(117-7)22-20-59)98-83(111)55(3)92-75(104)47-101-29-36-121-37-30-101)85(113)94-69(80(108)89(6)52-125-89)44-61-14-11-17-65(61)66-39-57(18-23-72(66)118-8)41-71(97-82(110)54(2)91-74(103)46-100-27-34-120-35-28-100)84(112)93-67(42-58-24-31-122-48-58)78(106)87(4)50-123-87/h9,12,16,18-23,38-39,53-55,58,60-62,65,67-71,76-77,105H,10-11,13-15,17,24-37,40-52H2,1-8H3,(H,90,102)(H,91,103)(H,92,104)(H,93,112)(H,94,113)(H,95,114)(H,96,109)(H,97,110)(H,98,111). The van der Waals surface area contributed by atoms with Crippen molar-refractivity contribution in [2.75, 3.05) is 152 Å². The minimum absolute atomic E-state index is 0.0134. The molecule has 18 atom stereocenters. The fraction of sp³-hybridized carbons (Fsp3) is 0.663. The topological polar surface area (TPSA) is 470 Å². The number of hydrogen-bond donors (Lipinski definition) is 10. The molecule has 9 fully saturated rings. The number of morpholine rings is 3. The number of carbonyl (C=O) groups is 12. The van der Waals surface area contributed by atoms with E-state index in [-0.39, 0.29) is 111 Å². The zero-order valence-corrected chi connectivity index (χ0v) is 74.2. The molecule has 10 N–H and O–H groups in total. The molecule has 0 radical (unpaired) electrons. The summed E-state index contributed by atoms with van der Waals surface area (Å²) in [5.41, 5.74) is -1.91. The maximum Gasteiger partial charge on any atom is 0.246 e. The van der Waals surface area contributed by atoms with E-state index in [0.717, 1.165) is 0 Å². The molecule has 2 saturated carbocycles. The van der Waals surface area contributed by atoms with Crippen molar-refractivity contribution in [1.82, 2.24) is 62.6 Å². The van der Waals surface area contributed by atoms with E-state index in [1.165, 1.54) is 65.3 Å². The van der Waals surface area contributed by atoms with Gasteiger partial charge < -0.3 is 95.6 Å². The molecule has 2 aliphatic carbocycles. The van der Waals surface area contributed by atoms with Crippen molar-refractivity contribution in [3.8, 4) is 11.5 Å². The lowest BCUT2D eigenvalue weighted by Gasteiger charge is -2.30. The Bertz CT molecular complexity index is 4490. The number of ether oxygens (including phenoxy) is 9. The zero-order chi connectivity index (χ0) is 90.2. The number of sulfone groups is 1. The number of rotatable bonds is 45. The van der Waals surface area contributed by atoms with Crippen LogP contribution in [0.3, 0.4) is 0 Å². The van der Waals surface area contributed by atoms with Gasteiger partial charge in [0.25, 0.3) is 0 Å². The van der Waals surface area contributed by atoms with Crippen LogP contribution < -0.4 is 57.3 Å². The number of carbonyl (C=O) groups excluding carboxylic acids is 12. The number of Topliss-reactive ketones (excluding diaryl/α,β-unsaturated/α-hetero) is 3. The van der Waals surface area contributed by atoms with E-state index in [1.54, 1.807) is 51.1 Å². The molecule has 12 rings (SSSR count). The van der Waals surface area contributed by atoms with Crippen molar-refractivity contribution in [3.05, 3.63) is 89.0 Å². The smallest absolute Gasteiger partial charge is 0.246 e. The first kappa shape index (κ1) is 96.1. The van der Waals surface area contributed by atoms with Gasteiger partial charge in [0.05, 0.1) is 122 Å². The van der Waals surface area contributed by atoms with E-state index >= 15 is 18.0 Å². The Balaban J connectivity index is 0.767. The van der Waals surface area contributed by atoms with Crippen molar-refractivity contribution < 1.29 is 114 Å². The highest BCUT2D eigenvalue weighted by Crippen LogP contribution is 2.47. The van der Waals surface area contributed by atoms with Crippen LogP contribution in [0.4, 0.5) is 0 Å². The van der Waals surface area contributed by atoms with Gasteiger partial charge in [-0.15, -0.1) is 0 Å². The summed E-state index contributed by atoms with van der Waals surface area (Å²) in [6.07, 6.45) is 2.12. The van der Waals surface area contributed by atoms with E-state index < -0.39 is 169 Å². The number of nitrogens with zero attached hydrogens (tertiary/aromatic N) is 3. The lowest BCUT2D eigenvalue weighted by atomic mass is 9.81. The molecule has 18 unspecified atom stereocenters. The van der Waals surface area contributed by atoms with Crippen LogP contribution in [0.2, 0.25) is 0 Å². The largest absolute Gasteiger partial charge is 0.497 e. The average molecular weight is 1780 g/mol. The molecule has 692 valence electrons. The molecular formula is C89H126N12O24S. The molecule has 7 aliphatic heterocycles. The summed E-state index contributed by atoms with van der Waals surface area (Å²) in [6.45, 7) is 16.1. The van der Waals surface area contributed by atoms with Crippen LogP contribution in [-0.4, -0.2) is 321 Å². The highest BCUT2D eigenvalue weighted by atomic mass is 32.2. The van der Waals surface area contributed by atoms with Gasteiger partial charge in [-0.3, -0.25) is 72.2 Å². The molecule has 3 aromatic carbocycles. The molecule has 0 spiro atoms. The minimum atomic E-state index is -4.25. The fourth-order valence-electron chi connectivity index (χ4n) is 17.9. The first-order valence-corrected chi connectivity index (χ1v) is 45.9. The van der Waals surface area contributed by atoms with Crippen molar-refractivity contribution in [3.63, 3.8) is 0 Å². The minimum Gasteiger partial charge on any atom is -0.497 e. The first-order chi connectivity index (χ1) is 60.2. The fourth-order valence-corrected chi connectivity index (χ4v) is 19.7. The van der Waals surface area contributed by atoms with E-state index in [1.807, 2.05) is 20.8 Å². The average Bonchev–Trinajstić information content (AvgIpc) is 1.62. The summed E-state index contributed by atoms with van der Waals surface area (Å²) in [7, 11) is -1.27. The maximum absolute atomic E-state index is 15.5. The van der Waals surface area contributed by atoms with Gasteiger partial charge in [-0.2, -0.15) is 0 Å². The van der Waals surface area contributed by atoms with Crippen molar-refractivity contribution in [2.45, 2.75) is 207 Å². The number of epoxide rings is 3. The van der Waals surface area contributed by atoms with Crippen LogP contribution in [0, 0.1) is 23.7 Å². The van der Waals surface area contributed by atoms with Gasteiger partial charge >= 0.3 is 0 Å². The third kappa shape index (κ3) is 26.2. The number of benzene rings is 3. The van der Waals surface area contributed by atoms with Crippen molar-refractivity contribution in [2.24, 2.45) is 23.7 Å². The van der Waals surface area contributed by atoms with Crippen LogP contribution >= 0.6 is 0 Å². The van der Waals surface area contributed by atoms with Gasteiger partial charge in [0.2, 0.25) is 53.2 Å². The van der Waals surface area contributed by atoms with Crippen LogP contribution in [0.1, 0.15) is 140 Å².